The maximum absolute atomic E-state index is 11.6. The maximum atomic E-state index is 11.6. The highest BCUT2D eigenvalue weighted by Crippen LogP contribution is 2.05. The Labute approximate surface area is 99.6 Å². The highest BCUT2D eigenvalue weighted by molar-refractivity contribution is 5.32. The minimum atomic E-state index is -0.0297. The van der Waals surface area contributed by atoms with Crippen molar-refractivity contribution >= 4 is 0 Å². The van der Waals surface area contributed by atoms with Crippen molar-refractivity contribution in [3.05, 3.63) is 69.6 Å². The van der Waals surface area contributed by atoms with Gasteiger partial charge in [0, 0.05) is 12.3 Å². The molecule has 3 heteroatoms. The third kappa shape index (κ3) is 2.61. The largest absolute Gasteiger partial charge is 0.311 e. The van der Waals surface area contributed by atoms with Gasteiger partial charge in [0.15, 0.2) is 0 Å². The van der Waals surface area contributed by atoms with Crippen LogP contribution in [0, 0.1) is 18.3 Å². The summed E-state index contributed by atoms with van der Waals surface area (Å²) in [6, 6.07) is 12.7. The van der Waals surface area contributed by atoms with E-state index in [0.29, 0.717) is 12.1 Å². The third-order valence-electron chi connectivity index (χ3n) is 2.54. The summed E-state index contributed by atoms with van der Waals surface area (Å²) < 4.78 is 1.64. The molecule has 0 amide bonds. The Morgan fingerprint density at radius 2 is 2.12 bits per heavy atom. The number of nitriles is 1. The maximum Gasteiger partial charge on any atom is 0.250 e. The number of aryl methyl sites for hydroxylation is 1. The van der Waals surface area contributed by atoms with E-state index in [1.54, 1.807) is 28.8 Å². The first-order valence-electron chi connectivity index (χ1n) is 5.35. The number of rotatable bonds is 2. The van der Waals surface area contributed by atoms with Crippen LogP contribution in [-0.2, 0) is 6.54 Å². The summed E-state index contributed by atoms with van der Waals surface area (Å²) >= 11 is 0. The quantitative estimate of drug-likeness (QED) is 0.784. The van der Waals surface area contributed by atoms with Crippen molar-refractivity contribution in [1.29, 1.82) is 5.26 Å². The zero-order valence-corrected chi connectivity index (χ0v) is 9.55. The van der Waals surface area contributed by atoms with Crippen LogP contribution in [0.15, 0.2) is 47.4 Å². The van der Waals surface area contributed by atoms with Gasteiger partial charge in [-0.05, 0) is 30.2 Å². The fraction of sp³-hybridized carbons (Fsp3) is 0.143. The highest BCUT2D eigenvalue weighted by Gasteiger charge is 1.99. The molecule has 1 aromatic heterocycles. The fourth-order valence-electron chi connectivity index (χ4n) is 1.71. The first kappa shape index (κ1) is 11.2. The summed E-state index contributed by atoms with van der Waals surface area (Å²) in [5, 5.41) is 8.81. The van der Waals surface area contributed by atoms with Gasteiger partial charge in [-0.1, -0.05) is 18.2 Å². The van der Waals surface area contributed by atoms with Gasteiger partial charge in [0.05, 0.1) is 18.2 Å². The van der Waals surface area contributed by atoms with Gasteiger partial charge in [-0.15, -0.1) is 0 Å². The van der Waals surface area contributed by atoms with Crippen molar-refractivity contribution in [2.45, 2.75) is 13.5 Å². The molecule has 0 aliphatic carbocycles. The standard InChI is InChI=1S/C14H12N2O/c1-11-5-6-14(17)16(9-11)10-13-4-2-3-12(7-13)8-15/h2-7,9H,10H2,1H3. The topological polar surface area (TPSA) is 45.8 Å². The molecule has 0 unspecified atom stereocenters. The molecule has 0 atom stereocenters. The van der Waals surface area contributed by atoms with E-state index in [2.05, 4.69) is 6.07 Å². The van der Waals surface area contributed by atoms with E-state index in [-0.39, 0.29) is 5.56 Å². The molecule has 0 N–H and O–H groups in total. The van der Waals surface area contributed by atoms with Crippen LogP contribution in [0.5, 0.6) is 0 Å². The van der Waals surface area contributed by atoms with E-state index in [9.17, 15) is 4.79 Å². The van der Waals surface area contributed by atoms with Gasteiger partial charge in [0.25, 0.3) is 5.56 Å². The summed E-state index contributed by atoms with van der Waals surface area (Å²) in [7, 11) is 0. The fourth-order valence-corrected chi connectivity index (χ4v) is 1.71. The molecule has 1 aromatic carbocycles. The van der Waals surface area contributed by atoms with Gasteiger partial charge in [-0.2, -0.15) is 5.26 Å². The van der Waals surface area contributed by atoms with Crippen LogP contribution in [0.3, 0.4) is 0 Å². The van der Waals surface area contributed by atoms with Crippen LogP contribution >= 0.6 is 0 Å². The molecule has 0 aliphatic rings. The van der Waals surface area contributed by atoms with Crippen molar-refractivity contribution < 1.29 is 0 Å². The Morgan fingerprint density at radius 3 is 2.88 bits per heavy atom. The van der Waals surface area contributed by atoms with Crippen molar-refractivity contribution in [3.8, 4) is 6.07 Å². The SMILES string of the molecule is Cc1ccc(=O)n(Cc2cccc(C#N)c2)c1. The number of nitrogens with zero attached hydrogens (tertiary/aromatic N) is 2. The number of benzene rings is 1. The predicted octanol–water partition coefficient (Wildman–Crippen LogP) is 2.08. The monoisotopic (exact) mass is 224 g/mol. The minimum Gasteiger partial charge on any atom is -0.311 e. The Bertz CT molecular complexity index is 635. The molecule has 84 valence electrons. The first-order chi connectivity index (χ1) is 8.19. The predicted molar refractivity (Wildman–Crippen MR) is 65.7 cm³/mol. The van der Waals surface area contributed by atoms with Gasteiger partial charge in [-0.25, -0.2) is 0 Å². The van der Waals surface area contributed by atoms with Crippen molar-refractivity contribution in [2.24, 2.45) is 0 Å². The van der Waals surface area contributed by atoms with E-state index >= 15 is 0 Å². The Morgan fingerprint density at radius 1 is 1.29 bits per heavy atom. The van der Waals surface area contributed by atoms with Crippen LogP contribution in [0.25, 0.3) is 0 Å². The number of hydrogen-bond acceptors (Lipinski definition) is 2. The van der Waals surface area contributed by atoms with Gasteiger partial charge in [-0.3, -0.25) is 4.79 Å². The average molecular weight is 224 g/mol. The molecule has 1 heterocycles. The van der Waals surface area contributed by atoms with E-state index < -0.39 is 0 Å². The normalized spacial score (nSPS) is 9.88. The number of pyridine rings is 1. The summed E-state index contributed by atoms with van der Waals surface area (Å²) in [6.45, 7) is 2.44. The summed E-state index contributed by atoms with van der Waals surface area (Å²) in [6.07, 6.45) is 1.82. The van der Waals surface area contributed by atoms with Crippen molar-refractivity contribution in [2.75, 3.05) is 0 Å². The average Bonchev–Trinajstić information content (AvgIpc) is 2.34. The van der Waals surface area contributed by atoms with Crippen molar-refractivity contribution in [3.63, 3.8) is 0 Å². The zero-order chi connectivity index (χ0) is 12.3. The van der Waals surface area contributed by atoms with Crippen LogP contribution < -0.4 is 5.56 Å². The third-order valence-corrected chi connectivity index (χ3v) is 2.54. The molecular weight excluding hydrogens is 212 g/mol. The van der Waals surface area contributed by atoms with Crippen LogP contribution in [-0.4, -0.2) is 4.57 Å². The minimum absolute atomic E-state index is 0.0297. The lowest BCUT2D eigenvalue weighted by atomic mass is 10.1. The lowest BCUT2D eigenvalue weighted by Crippen LogP contribution is -2.19. The number of aromatic nitrogens is 1. The Hall–Kier alpha value is -2.34. The van der Waals surface area contributed by atoms with E-state index in [1.807, 2.05) is 25.3 Å². The van der Waals surface area contributed by atoms with E-state index in [4.69, 9.17) is 5.26 Å². The molecule has 0 fully saturated rings. The Kier molecular flexibility index (Phi) is 3.06. The highest BCUT2D eigenvalue weighted by atomic mass is 16.1. The van der Waals surface area contributed by atoms with Crippen LogP contribution in [0.4, 0.5) is 0 Å². The molecule has 2 rings (SSSR count). The summed E-state index contributed by atoms with van der Waals surface area (Å²) in [5.74, 6) is 0. The molecule has 0 radical (unpaired) electrons. The molecule has 3 nitrogen and oxygen atoms in total. The van der Waals surface area contributed by atoms with Crippen LogP contribution in [0.2, 0.25) is 0 Å². The van der Waals surface area contributed by atoms with Crippen molar-refractivity contribution in [1.82, 2.24) is 4.57 Å². The summed E-state index contributed by atoms with van der Waals surface area (Å²) in [5.41, 5.74) is 2.58. The van der Waals surface area contributed by atoms with Crippen LogP contribution in [0.1, 0.15) is 16.7 Å². The summed E-state index contributed by atoms with van der Waals surface area (Å²) in [4.78, 5) is 11.6. The molecule has 0 aliphatic heterocycles. The molecule has 0 saturated heterocycles. The molecule has 0 saturated carbocycles. The van der Waals surface area contributed by atoms with Gasteiger partial charge >= 0.3 is 0 Å². The van der Waals surface area contributed by atoms with Gasteiger partial charge in [0.2, 0.25) is 0 Å². The zero-order valence-electron chi connectivity index (χ0n) is 9.55. The molecular formula is C14H12N2O. The lowest BCUT2D eigenvalue weighted by molar-refractivity contribution is 0.754. The second-order valence-corrected chi connectivity index (χ2v) is 3.98. The number of hydrogen-bond donors (Lipinski definition) is 0. The molecule has 0 spiro atoms. The second-order valence-electron chi connectivity index (χ2n) is 3.98. The molecule has 17 heavy (non-hydrogen) atoms. The van der Waals surface area contributed by atoms with E-state index in [1.165, 1.54) is 0 Å². The first-order valence-corrected chi connectivity index (χ1v) is 5.35. The molecule has 2 aromatic rings. The van der Waals surface area contributed by atoms with E-state index in [0.717, 1.165) is 11.1 Å². The van der Waals surface area contributed by atoms with Gasteiger partial charge < -0.3 is 4.57 Å². The second kappa shape index (κ2) is 4.67. The van der Waals surface area contributed by atoms with Gasteiger partial charge in [0.1, 0.15) is 0 Å². The smallest absolute Gasteiger partial charge is 0.250 e. The Balaban J connectivity index is 2.35. The lowest BCUT2D eigenvalue weighted by Gasteiger charge is -2.06. The molecule has 0 bridgehead atoms.